The molecular weight excluding hydrogens is 370 g/mol. The van der Waals surface area contributed by atoms with Crippen LogP contribution >= 0.6 is 11.6 Å². The monoisotopic (exact) mass is 389 g/mol. The van der Waals surface area contributed by atoms with Crippen LogP contribution in [0.2, 0.25) is 5.02 Å². The lowest BCUT2D eigenvalue weighted by Gasteiger charge is -2.18. The zero-order chi connectivity index (χ0) is 19.6. The van der Waals surface area contributed by atoms with Crippen molar-refractivity contribution in [1.82, 2.24) is 4.90 Å². The number of benzene rings is 2. The van der Waals surface area contributed by atoms with Crippen LogP contribution in [-0.2, 0) is 4.79 Å². The number of carboxylic acids is 1. The van der Waals surface area contributed by atoms with Gasteiger partial charge in [-0.2, -0.15) is 0 Å². The molecule has 6 nitrogen and oxygen atoms in total. The Labute approximate surface area is 162 Å². The SMILES string of the molecule is COc1ccc(OC)c(C(=O)N2C[C@@H](C(=O)O)[C@H](c3ccc(Cl)cc3)C2)c1. The molecule has 1 amide bonds. The summed E-state index contributed by atoms with van der Waals surface area (Å²) in [4.78, 5) is 26.4. The van der Waals surface area contributed by atoms with Gasteiger partial charge in [-0.1, -0.05) is 23.7 Å². The molecule has 1 heterocycles. The van der Waals surface area contributed by atoms with Crippen molar-refractivity contribution in [3.8, 4) is 11.5 Å². The molecule has 0 spiro atoms. The number of aliphatic carboxylic acids is 1. The Morgan fingerprint density at radius 3 is 2.37 bits per heavy atom. The van der Waals surface area contributed by atoms with E-state index in [1.807, 2.05) is 12.1 Å². The Hall–Kier alpha value is -2.73. The molecule has 27 heavy (non-hydrogen) atoms. The van der Waals surface area contributed by atoms with E-state index < -0.39 is 11.9 Å². The van der Waals surface area contributed by atoms with Gasteiger partial charge in [0.25, 0.3) is 5.91 Å². The van der Waals surface area contributed by atoms with Crippen molar-refractivity contribution in [3.63, 3.8) is 0 Å². The maximum Gasteiger partial charge on any atom is 0.308 e. The average molecular weight is 390 g/mol. The van der Waals surface area contributed by atoms with Crippen molar-refractivity contribution in [3.05, 3.63) is 58.6 Å². The van der Waals surface area contributed by atoms with Crippen molar-refractivity contribution in [2.45, 2.75) is 5.92 Å². The van der Waals surface area contributed by atoms with E-state index >= 15 is 0 Å². The normalized spacial score (nSPS) is 19.0. The summed E-state index contributed by atoms with van der Waals surface area (Å²) in [6.07, 6.45) is 0. The number of methoxy groups -OCH3 is 2. The summed E-state index contributed by atoms with van der Waals surface area (Å²) >= 11 is 5.93. The van der Waals surface area contributed by atoms with Gasteiger partial charge in [-0.3, -0.25) is 9.59 Å². The van der Waals surface area contributed by atoms with Gasteiger partial charge in [-0.15, -0.1) is 0 Å². The molecule has 2 atom stereocenters. The van der Waals surface area contributed by atoms with Crippen LogP contribution in [0.3, 0.4) is 0 Å². The van der Waals surface area contributed by atoms with Gasteiger partial charge < -0.3 is 19.5 Å². The highest BCUT2D eigenvalue weighted by Crippen LogP contribution is 2.35. The maximum atomic E-state index is 13.1. The second-order valence-corrected chi connectivity index (χ2v) is 6.82. The summed E-state index contributed by atoms with van der Waals surface area (Å²) < 4.78 is 10.5. The highest BCUT2D eigenvalue weighted by Gasteiger charge is 2.41. The van der Waals surface area contributed by atoms with Crippen molar-refractivity contribution < 1.29 is 24.2 Å². The van der Waals surface area contributed by atoms with Gasteiger partial charge in [0.05, 0.1) is 25.7 Å². The van der Waals surface area contributed by atoms with E-state index in [1.165, 1.54) is 14.2 Å². The molecule has 0 aromatic heterocycles. The van der Waals surface area contributed by atoms with Crippen molar-refractivity contribution in [2.75, 3.05) is 27.3 Å². The minimum atomic E-state index is -0.928. The van der Waals surface area contributed by atoms with E-state index in [2.05, 4.69) is 0 Å². The lowest BCUT2D eigenvalue weighted by molar-refractivity contribution is -0.141. The molecule has 1 saturated heterocycles. The third-order valence-corrected chi connectivity index (χ3v) is 5.11. The predicted octanol–water partition coefficient (Wildman–Crippen LogP) is 3.30. The fraction of sp³-hybridized carbons (Fsp3) is 0.300. The Bertz CT molecular complexity index is 852. The number of hydrogen-bond acceptors (Lipinski definition) is 4. The van der Waals surface area contributed by atoms with Crippen LogP contribution in [0.1, 0.15) is 21.8 Å². The molecule has 0 radical (unpaired) electrons. The molecule has 1 aliphatic heterocycles. The molecular formula is C20H20ClNO5. The quantitative estimate of drug-likeness (QED) is 0.849. The van der Waals surface area contributed by atoms with Crippen LogP contribution in [0.15, 0.2) is 42.5 Å². The molecule has 1 N–H and O–H groups in total. The Balaban J connectivity index is 1.90. The number of carbonyl (C=O) groups is 2. The number of likely N-dealkylation sites (tertiary alicyclic amines) is 1. The van der Waals surface area contributed by atoms with Crippen molar-refractivity contribution in [1.29, 1.82) is 0 Å². The van der Waals surface area contributed by atoms with Crippen LogP contribution < -0.4 is 9.47 Å². The zero-order valence-corrected chi connectivity index (χ0v) is 15.8. The first kappa shape index (κ1) is 19.0. The molecule has 2 aromatic rings. The molecule has 7 heteroatoms. The minimum absolute atomic E-state index is 0.127. The Morgan fingerprint density at radius 2 is 1.78 bits per heavy atom. The second kappa shape index (κ2) is 7.88. The number of hydrogen-bond donors (Lipinski definition) is 1. The zero-order valence-electron chi connectivity index (χ0n) is 15.0. The molecule has 0 saturated carbocycles. The average Bonchev–Trinajstić information content (AvgIpc) is 3.13. The fourth-order valence-corrected chi connectivity index (χ4v) is 3.55. The molecule has 0 bridgehead atoms. The number of carbonyl (C=O) groups excluding carboxylic acids is 1. The lowest BCUT2D eigenvalue weighted by atomic mass is 9.89. The van der Waals surface area contributed by atoms with Crippen LogP contribution in [0.4, 0.5) is 0 Å². The van der Waals surface area contributed by atoms with E-state index in [0.29, 0.717) is 28.6 Å². The van der Waals surface area contributed by atoms with Crippen LogP contribution in [0.25, 0.3) is 0 Å². The highest BCUT2D eigenvalue weighted by molar-refractivity contribution is 6.30. The largest absolute Gasteiger partial charge is 0.497 e. The second-order valence-electron chi connectivity index (χ2n) is 6.38. The first-order chi connectivity index (χ1) is 12.9. The predicted molar refractivity (Wildman–Crippen MR) is 101 cm³/mol. The fourth-order valence-electron chi connectivity index (χ4n) is 3.42. The van der Waals surface area contributed by atoms with Crippen LogP contribution in [-0.4, -0.2) is 49.2 Å². The van der Waals surface area contributed by atoms with Gasteiger partial charge in [-0.25, -0.2) is 0 Å². The molecule has 0 unspecified atom stereocenters. The van der Waals surface area contributed by atoms with Gasteiger partial charge in [0.1, 0.15) is 11.5 Å². The number of rotatable bonds is 5. The van der Waals surface area contributed by atoms with Gasteiger partial charge in [-0.05, 0) is 35.9 Å². The number of halogens is 1. The molecule has 1 fully saturated rings. The maximum absolute atomic E-state index is 13.1. The summed E-state index contributed by atoms with van der Waals surface area (Å²) in [5, 5.41) is 10.2. The highest BCUT2D eigenvalue weighted by atomic mass is 35.5. The van der Waals surface area contributed by atoms with Crippen molar-refractivity contribution >= 4 is 23.5 Å². The van der Waals surface area contributed by atoms with Gasteiger partial charge in [0, 0.05) is 24.0 Å². The molecule has 3 rings (SSSR count). The number of amides is 1. The number of nitrogens with zero attached hydrogens (tertiary/aromatic N) is 1. The Morgan fingerprint density at radius 1 is 1.07 bits per heavy atom. The third kappa shape index (κ3) is 3.85. The first-order valence-corrected chi connectivity index (χ1v) is 8.82. The molecule has 0 aliphatic carbocycles. The van der Waals surface area contributed by atoms with Crippen LogP contribution in [0.5, 0.6) is 11.5 Å². The summed E-state index contributed by atoms with van der Waals surface area (Å²) in [7, 11) is 3.00. The number of ether oxygens (including phenoxy) is 2. The third-order valence-electron chi connectivity index (χ3n) is 4.86. The summed E-state index contributed by atoms with van der Waals surface area (Å²) in [5.74, 6) is -1.26. The van der Waals surface area contributed by atoms with Gasteiger partial charge in [0.15, 0.2) is 0 Å². The van der Waals surface area contributed by atoms with Gasteiger partial charge in [0.2, 0.25) is 0 Å². The molecule has 142 valence electrons. The standard InChI is InChI=1S/C20H20ClNO5/c1-26-14-7-8-18(27-2)15(9-14)19(23)22-10-16(17(11-22)20(24)25)12-3-5-13(21)6-4-12/h3-9,16-17H,10-11H2,1-2H3,(H,24,25)/t16-,17+/m0/s1. The van der Waals surface area contributed by atoms with E-state index in [1.54, 1.807) is 35.2 Å². The molecule has 1 aliphatic rings. The van der Waals surface area contributed by atoms with E-state index in [-0.39, 0.29) is 18.4 Å². The summed E-state index contributed by atoms with van der Waals surface area (Å²) in [6.45, 7) is 0.430. The van der Waals surface area contributed by atoms with Crippen LogP contribution in [0, 0.1) is 5.92 Å². The summed E-state index contributed by atoms with van der Waals surface area (Å²) in [6, 6.07) is 12.0. The molecule has 2 aromatic carbocycles. The van der Waals surface area contributed by atoms with Gasteiger partial charge >= 0.3 is 5.97 Å². The van der Waals surface area contributed by atoms with Crippen molar-refractivity contribution in [2.24, 2.45) is 5.92 Å². The smallest absolute Gasteiger partial charge is 0.308 e. The first-order valence-electron chi connectivity index (χ1n) is 8.44. The van der Waals surface area contributed by atoms with E-state index in [9.17, 15) is 14.7 Å². The topological polar surface area (TPSA) is 76.1 Å². The summed E-state index contributed by atoms with van der Waals surface area (Å²) in [5.41, 5.74) is 1.19. The Kier molecular flexibility index (Phi) is 5.56. The number of carboxylic acid groups (broad SMARTS) is 1. The lowest BCUT2D eigenvalue weighted by Crippen LogP contribution is -2.30. The van der Waals surface area contributed by atoms with E-state index in [0.717, 1.165) is 5.56 Å². The van der Waals surface area contributed by atoms with E-state index in [4.69, 9.17) is 21.1 Å². The minimum Gasteiger partial charge on any atom is -0.497 e.